The monoisotopic (exact) mass is 430 g/mol. The smallest absolute Gasteiger partial charge is 0.193 e. The van der Waals surface area contributed by atoms with E-state index < -0.39 is 0 Å². The Morgan fingerprint density at radius 3 is 2.48 bits per heavy atom. The molecule has 23 heavy (non-hydrogen) atoms. The Labute approximate surface area is 157 Å². The second-order valence-electron chi connectivity index (χ2n) is 5.93. The predicted molar refractivity (Wildman–Crippen MR) is 111 cm³/mol. The Morgan fingerprint density at radius 2 is 1.91 bits per heavy atom. The van der Waals surface area contributed by atoms with Crippen LogP contribution in [0, 0.1) is 0 Å². The van der Waals surface area contributed by atoms with Gasteiger partial charge in [-0.3, -0.25) is 9.89 Å². The van der Waals surface area contributed by atoms with Gasteiger partial charge in [-0.15, -0.1) is 24.0 Å². The van der Waals surface area contributed by atoms with Crippen LogP contribution in [0.2, 0.25) is 0 Å². The van der Waals surface area contributed by atoms with Crippen molar-refractivity contribution in [3.8, 4) is 0 Å². The highest BCUT2D eigenvalue weighted by atomic mass is 127. The molecule has 0 radical (unpaired) electrons. The fourth-order valence-corrected chi connectivity index (χ4v) is 3.29. The number of nitrogens with two attached hydrogens (primary N) is 1. The third-order valence-corrected chi connectivity index (χ3v) is 4.63. The first-order chi connectivity index (χ1) is 10.7. The standard InChI is InChI=1S/C18H30N4.HI/c1-4-14-9-7-10-15(5-2)17(14)21-18(19)20-13-16-11-8-12-22(16)6-3;/h7,9-10,16H,4-6,8,11-13H2,1-3H3,(H3,19,20,21);1H. The minimum atomic E-state index is 0. The van der Waals surface area contributed by atoms with Crippen LogP contribution in [0.3, 0.4) is 0 Å². The van der Waals surface area contributed by atoms with E-state index in [9.17, 15) is 0 Å². The number of hydrogen-bond acceptors (Lipinski definition) is 2. The summed E-state index contributed by atoms with van der Waals surface area (Å²) in [5, 5.41) is 3.35. The molecule has 1 unspecified atom stereocenters. The van der Waals surface area contributed by atoms with E-state index in [4.69, 9.17) is 5.73 Å². The Bertz CT molecular complexity index is 493. The Balaban J connectivity index is 0.00000264. The largest absolute Gasteiger partial charge is 0.370 e. The van der Waals surface area contributed by atoms with Crippen LogP contribution in [0.5, 0.6) is 0 Å². The molecule has 1 heterocycles. The normalized spacial score (nSPS) is 18.7. The van der Waals surface area contributed by atoms with Gasteiger partial charge in [0.1, 0.15) is 0 Å². The number of guanidine groups is 1. The number of rotatable bonds is 6. The fourth-order valence-electron chi connectivity index (χ4n) is 3.29. The molecule has 0 aromatic heterocycles. The van der Waals surface area contributed by atoms with Crippen molar-refractivity contribution >= 4 is 35.6 Å². The van der Waals surface area contributed by atoms with E-state index in [1.54, 1.807) is 0 Å². The van der Waals surface area contributed by atoms with E-state index in [1.807, 2.05) is 0 Å². The number of likely N-dealkylation sites (N-methyl/N-ethyl adjacent to an activating group) is 1. The summed E-state index contributed by atoms with van der Waals surface area (Å²) in [7, 11) is 0. The zero-order chi connectivity index (χ0) is 15.9. The summed E-state index contributed by atoms with van der Waals surface area (Å²) in [6, 6.07) is 6.99. The van der Waals surface area contributed by atoms with Crippen LogP contribution >= 0.6 is 24.0 Å². The molecule has 1 aliphatic rings. The topological polar surface area (TPSA) is 53.6 Å². The molecule has 3 N–H and O–H groups in total. The van der Waals surface area contributed by atoms with E-state index in [-0.39, 0.29) is 24.0 Å². The molecular weight excluding hydrogens is 399 g/mol. The van der Waals surface area contributed by atoms with Crippen LogP contribution in [0.25, 0.3) is 0 Å². The molecule has 0 amide bonds. The number of aliphatic imine (C=N–C) groups is 1. The van der Waals surface area contributed by atoms with Gasteiger partial charge < -0.3 is 11.1 Å². The summed E-state index contributed by atoms with van der Waals surface area (Å²) in [4.78, 5) is 7.09. The zero-order valence-corrected chi connectivity index (χ0v) is 17.0. The lowest BCUT2D eigenvalue weighted by molar-refractivity contribution is 0.273. The molecule has 1 aliphatic heterocycles. The van der Waals surface area contributed by atoms with Crippen molar-refractivity contribution in [2.24, 2.45) is 10.7 Å². The molecule has 0 bridgehead atoms. The van der Waals surface area contributed by atoms with Gasteiger partial charge in [0.2, 0.25) is 0 Å². The van der Waals surface area contributed by atoms with E-state index in [0.717, 1.165) is 31.6 Å². The van der Waals surface area contributed by atoms with E-state index in [1.165, 1.54) is 30.5 Å². The van der Waals surface area contributed by atoms with Crippen LogP contribution in [-0.4, -0.2) is 36.5 Å². The van der Waals surface area contributed by atoms with Crippen molar-refractivity contribution in [1.82, 2.24) is 4.90 Å². The van der Waals surface area contributed by atoms with E-state index in [0.29, 0.717) is 12.0 Å². The molecule has 0 aliphatic carbocycles. The minimum Gasteiger partial charge on any atom is -0.370 e. The molecule has 1 aromatic rings. The second-order valence-corrected chi connectivity index (χ2v) is 5.93. The number of benzene rings is 1. The van der Waals surface area contributed by atoms with Gasteiger partial charge in [0.25, 0.3) is 0 Å². The van der Waals surface area contributed by atoms with Crippen molar-refractivity contribution in [2.45, 2.75) is 52.5 Å². The van der Waals surface area contributed by atoms with Crippen molar-refractivity contribution in [2.75, 3.05) is 25.0 Å². The summed E-state index contributed by atoms with van der Waals surface area (Å²) in [6.07, 6.45) is 4.50. The third-order valence-electron chi connectivity index (χ3n) is 4.63. The predicted octanol–water partition coefficient (Wildman–Crippen LogP) is 3.64. The maximum absolute atomic E-state index is 6.14. The molecule has 1 atom stereocenters. The average molecular weight is 430 g/mol. The van der Waals surface area contributed by atoms with Gasteiger partial charge in [-0.25, -0.2) is 0 Å². The van der Waals surface area contributed by atoms with E-state index in [2.05, 4.69) is 54.2 Å². The summed E-state index contributed by atoms with van der Waals surface area (Å²) >= 11 is 0. The molecular formula is C18H31IN4. The van der Waals surface area contributed by atoms with Crippen LogP contribution in [0.1, 0.15) is 44.7 Å². The van der Waals surface area contributed by atoms with Gasteiger partial charge in [0.05, 0.1) is 6.54 Å². The van der Waals surface area contributed by atoms with Crippen molar-refractivity contribution in [1.29, 1.82) is 0 Å². The lowest BCUT2D eigenvalue weighted by Crippen LogP contribution is -2.33. The number of nitrogens with one attached hydrogen (secondary N) is 1. The second kappa shape index (κ2) is 10.1. The highest BCUT2D eigenvalue weighted by Crippen LogP contribution is 2.22. The molecule has 1 aromatic carbocycles. The number of nitrogens with zero attached hydrogens (tertiary/aromatic N) is 2. The lowest BCUT2D eigenvalue weighted by atomic mass is 10.0. The zero-order valence-electron chi connectivity index (χ0n) is 14.6. The maximum Gasteiger partial charge on any atom is 0.193 e. The number of likely N-dealkylation sites (tertiary alicyclic amines) is 1. The first-order valence-electron chi connectivity index (χ1n) is 8.61. The number of halogens is 1. The summed E-state index contributed by atoms with van der Waals surface area (Å²) in [6.45, 7) is 9.65. The van der Waals surface area contributed by atoms with Crippen LogP contribution < -0.4 is 11.1 Å². The highest BCUT2D eigenvalue weighted by molar-refractivity contribution is 14.0. The third kappa shape index (κ3) is 5.35. The van der Waals surface area contributed by atoms with Crippen LogP contribution in [0.4, 0.5) is 5.69 Å². The SMILES string of the molecule is CCc1cccc(CC)c1NC(N)=NCC1CCCN1CC.I. The summed E-state index contributed by atoms with van der Waals surface area (Å²) in [5.41, 5.74) is 9.88. The number of anilines is 1. The molecule has 2 rings (SSSR count). The molecule has 1 saturated heterocycles. The van der Waals surface area contributed by atoms with Crippen molar-refractivity contribution in [3.63, 3.8) is 0 Å². The molecule has 4 nitrogen and oxygen atoms in total. The first kappa shape index (κ1) is 20.2. The minimum absolute atomic E-state index is 0. The Hall–Kier alpha value is -0.820. The molecule has 0 spiro atoms. The van der Waals surface area contributed by atoms with Gasteiger partial charge in [0.15, 0.2) is 5.96 Å². The number of para-hydroxylation sites is 1. The number of aryl methyl sites for hydroxylation is 2. The quantitative estimate of drug-likeness (QED) is 0.412. The van der Waals surface area contributed by atoms with Gasteiger partial charge in [-0.2, -0.15) is 0 Å². The maximum atomic E-state index is 6.14. The van der Waals surface area contributed by atoms with Crippen molar-refractivity contribution < 1.29 is 0 Å². The Kier molecular flexibility index (Phi) is 8.91. The summed E-state index contributed by atoms with van der Waals surface area (Å²) < 4.78 is 0. The van der Waals surface area contributed by atoms with Gasteiger partial charge in [-0.05, 0) is 49.9 Å². The van der Waals surface area contributed by atoms with Gasteiger partial charge >= 0.3 is 0 Å². The highest BCUT2D eigenvalue weighted by Gasteiger charge is 2.22. The number of hydrogen-bond donors (Lipinski definition) is 2. The van der Waals surface area contributed by atoms with Crippen LogP contribution in [0.15, 0.2) is 23.2 Å². The molecule has 1 fully saturated rings. The van der Waals surface area contributed by atoms with Crippen LogP contribution in [-0.2, 0) is 12.8 Å². The average Bonchev–Trinajstić information content (AvgIpc) is 3.00. The molecule has 130 valence electrons. The molecule has 5 heteroatoms. The lowest BCUT2D eigenvalue weighted by Gasteiger charge is -2.21. The molecule has 0 saturated carbocycles. The first-order valence-corrected chi connectivity index (χ1v) is 8.61. The summed E-state index contributed by atoms with van der Waals surface area (Å²) in [5.74, 6) is 0.540. The van der Waals surface area contributed by atoms with E-state index >= 15 is 0 Å². The van der Waals surface area contributed by atoms with Crippen molar-refractivity contribution in [3.05, 3.63) is 29.3 Å². The van der Waals surface area contributed by atoms with Gasteiger partial charge in [0, 0.05) is 11.7 Å². The fraction of sp³-hybridized carbons (Fsp3) is 0.611. The Morgan fingerprint density at radius 1 is 1.26 bits per heavy atom. The van der Waals surface area contributed by atoms with Gasteiger partial charge in [-0.1, -0.05) is 39.0 Å².